The summed E-state index contributed by atoms with van der Waals surface area (Å²) in [7, 11) is 0. The van der Waals surface area contributed by atoms with E-state index in [1.54, 1.807) is 0 Å². The molecule has 0 fully saturated rings. The van der Waals surface area contributed by atoms with E-state index < -0.39 is 0 Å². The maximum atomic E-state index is 2.48. The fourth-order valence-corrected chi connectivity index (χ4v) is 6.17. The number of fused-ring (bicyclic) bond motifs is 5. The molecule has 0 saturated carbocycles. The molecule has 1 atom stereocenters. The van der Waals surface area contributed by atoms with Crippen molar-refractivity contribution in [3.8, 4) is 5.69 Å². The summed E-state index contributed by atoms with van der Waals surface area (Å²) in [5, 5.41) is 2.66. The summed E-state index contributed by atoms with van der Waals surface area (Å²) < 4.78 is 2.43. The van der Waals surface area contributed by atoms with Crippen LogP contribution in [0.2, 0.25) is 0 Å². The molecular formula is C32H25N. The standard InChI is InChI=1S/C32H25N/c1-32(22-12-4-2-5-13-22)28-18-10-8-16-24(28)26-20-27-25-17-9-11-19-30(25)33(31(27)21-29(26)32)23-14-6-3-7-15-23/h2-7,9-15,17-21H,8,16H2,1H3. The van der Waals surface area contributed by atoms with Gasteiger partial charge < -0.3 is 4.57 Å². The number of aromatic nitrogens is 1. The first-order valence-corrected chi connectivity index (χ1v) is 11.9. The molecule has 5 aromatic rings. The zero-order chi connectivity index (χ0) is 22.0. The highest BCUT2D eigenvalue weighted by molar-refractivity contribution is 6.11. The molecule has 1 heteroatoms. The van der Waals surface area contributed by atoms with Gasteiger partial charge in [0.2, 0.25) is 0 Å². The highest BCUT2D eigenvalue weighted by atomic mass is 15.0. The Morgan fingerprint density at radius 3 is 2.27 bits per heavy atom. The molecule has 0 bridgehead atoms. The van der Waals surface area contributed by atoms with Crippen LogP contribution in [0, 0.1) is 0 Å². The van der Waals surface area contributed by atoms with E-state index in [1.165, 1.54) is 55.3 Å². The van der Waals surface area contributed by atoms with Crippen LogP contribution in [0.25, 0.3) is 33.1 Å². The van der Waals surface area contributed by atoms with Gasteiger partial charge in [-0.25, -0.2) is 0 Å². The molecule has 33 heavy (non-hydrogen) atoms. The van der Waals surface area contributed by atoms with Gasteiger partial charge in [0.1, 0.15) is 0 Å². The summed E-state index contributed by atoms with van der Waals surface area (Å²) in [6.45, 7) is 2.42. The lowest BCUT2D eigenvalue weighted by Gasteiger charge is -2.30. The van der Waals surface area contributed by atoms with E-state index in [2.05, 4.69) is 121 Å². The smallest absolute Gasteiger partial charge is 0.0544 e. The number of benzene rings is 4. The summed E-state index contributed by atoms with van der Waals surface area (Å²) in [5.41, 5.74) is 10.8. The van der Waals surface area contributed by atoms with Crippen molar-refractivity contribution in [1.29, 1.82) is 0 Å². The average molecular weight is 424 g/mol. The van der Waals surface area contributed by atoms with Crippen molar-refractivity contribution in [3.63, 3.8) is 0 Å². The maximum absolute atomic E-state index is 2.48. The average Bonchev–Trinajstić information content (AvgIpc) is 3.34. The Morgan fingerprint density at radius 1 is 0.727 bits per heavy atom. The van der Waals surface area contributed by atoms with Gasteiger partial charge in [-0.15, -0.1) is 0 Å². The molecule has 2 aliphatic carbocycles. The molecule has 0 spiro atoms. The largest absolute Gasteiger partial charge is 0.309 e. The Balaban J connectivity index is 1.62. The first-order valence-electron chi connectivity index (χ1n) is 11.9. The Kier molecular flexibility index (Phi) is 3.87. The lowest BCUT2D eigenvalue weighted by Crippen LogP contribution is -2.23. The van der Waals surface area contributed by atoms with E-state index >= 15 is 0 Å². The second-order valence-corrected chi connectivity index (χ2v) is 9.43. The molecule has 158 valence electrons. The molecule has 1 unspecified atom stereocenters. The van der Waals surface area contributed by atoms with Gasteiger partial charge in [0.25, 0.3) is 0 Å². The van der Waals surface area contributed by atoms with Gasteiger partial charge in [-0.3, -0.25) is 0 Å². The van der Waals surface area contributed by atoms with Crippen LogP contribution in [-0.4, -0.2) is 4.57 Å². The summed E-state index contributed by atoms with van der Waals surface area (Å²) in [6, 6.07) is 35.6. The van der Waals surface area contributed by atoms with E-state index in [1.807, 2.05) is 0 Å². The van der Waals surface area contributed by atoms with Crippen LogP contribution in [0.15, 0.2) is 115 Å². The lowest BCUT2D eigenvalue weighted by atomic mass is 9.72. The van der Waals surface area contributed by atoms with E-state index in [4.69, 9.17) is 0 Å². The van der Waals surface area contributed by atoms with Gasteiger partial charge in [0, 0.05) is 21.9 Å². The van der Waals surface area contributed by atoms with E-state index in [0.29, 0.717) is 0 Å². The zero-order valence-electron chi connectivity index (χ0n) is 18.8. The molecule has 7 rings (SSSR count). The van der Waals surface area contributed by atoms with Gasteiger partial charge >= 0.3 is 0 Å². The Morgan fingerprint density at radius 2 is 1.45 bits per heavy atom. The topological polar surface area (TPSA) is 4.93 Å². The molecule has 0 aliphatic heterocycles. The minimum atomic E-state index is -0.144. The molecule has 0 amide bonds. The van der Waals surface area contributed by atoms with Crippen molar-refractivity contribution in [3.05, 3.63) is 131 Å². The van der Waals surface area contributed by atoms with Gasteiger partial charge in [-0.1, -0.05) is 78.9 Å². The minimum Gasteiger partial charge on any atom is -0.309 e. The molecular weight excluding hydrogens is 398 g/mol. The van der Waals surface area contributed by atoms with Crippen molar-refractivity contribution in [1.82, 2.24) is 4.57 Å². The Bertz CT molecular complexity index is 1600. The molecule has 0 radical (unpaired) electrons. The third kappa shape index (κ3) is 2.48. The minimum absolute atomic E-state index is 0.144. The molecule has 4 aromatic carbocycles. The second kappa shape index (κ2) is 6.83. The lowest BCUT2D eigenvalue weighted by molar-refractivity contribution is 0.704. The van der Waals surface area contributed by atoms with Gasteiger partial charge in [-0.05, 0) is 77.9 Å². The molecule has 2 aliphatic rings. The van der Waals surface area contributed by atoms with Gasteiger partial charge in [-0.2, -0.15) is 0 Å². The predicted octanol–water partition coefficient (Wildman–Crippen LogP) is 8.21. The number of allylic oxidation sites excluding steroid dienone is 4. The normalized spacial score (nSPS) is 19.3. The van der Waals surface area contributed by atoms with Crippen LogP contribution in [0.5, 0.6) is 0 Å². The fraction of sp³-hybridized carbons (Fsp3) is 0.125. The molecule has 0 N–H and O–H groups in total. The third-order valence-electron chi connectivity index (χ3n) is 7.75. The van der Waals surface area contributed by atoms with Crippen LogP contribution < -0.4 is 0 Å². The van der Waals surface area contributed by atoms with Crippen molar-refractivity contribution < 1.29 is 0 Å². The quantitative estimate of drug-likeness (QED) is 0.270. The number of hydrogen-bond donors (Lipinski definition) is 0. The van der Waals surface area contributed by atoms with Crippen molar-refractivity contribution in [2.75, 3.05) is 0 Å². The van der Waals surface area contributed by atoms with Gasteiger partial charge in [0.15, 0.2) is 0 Å². The second-order valence-electron chi connectivity index (χ2n) is 9.43. The van der Waals surface area contributed by atoms with Crippen LogP contribution in [0.1, 0.15) is 36.5 Å². The van der Waals surface area contributed by atoms with E-state index in [0.717, 1.165) is 12.8 Å². The van der Waals surface area contributed by atoms with Crippen LogP contribution >= 0.6 is 0 Å². The number of nitrogens with zero attached hydrogens (tertiary/aromatic N) is 1. The number of hydrogen-bond acceptors (Lipinski definition) is 0. The summed E-state index contributed by atoms with van der Waals surface area (Å²) in [4.78, 5) is 0. The monoisotopic (exact) mass is 423 g/mol. The molecule has 0 saturated heterocycles. The SMILES string of the molecule is CC1(c2ccccc2)C2=C(CCC=C2)c2cc3c4ccccc4n(-c4ccccc4)c3cc21. The highest BCUT2D eigenvalue weighted by Crippen LogP contribution is 2.54. The third-order valence-corrected chi connectivity index (χ3v) is 7.75. The summed E-state index contributed by atoms with van der Waals surface area (Å²) in [5.74, 6) is 0. The fourth-order valence-electron chi connectivity index (χ4n) is 6.17. The van der Waals surface area contributed by atoms with Crippen LogP contribution in [0.3, 0.4) is 0 Å². The van der Waals surface area contributed by atoms with Crippen molar-refractivity contribution >= 4 is 27.4 Å². The predicted molar refractivity (Wildman–Crippen MR) is 139 cm³/mol. The first kappa shape index (κ1) is 18.7. The molecule has 1 heterocycles. The summed E-state index contributed by atoms with van der Waals surface area (Å²) >= 11 is 0. The van der Waals surface area contributed by atoms with E-state index in [-0.39, 0.29) is 5.41 Å². The Hall–Kier alpha value is -3.84. The summed E-state index contributed by atoms with van der Waals surface area (Å²) in [6.07, 6.45) is 6.97. The molecule has 1 nitrogen and oxygen atoms in total. The van der Waals surface area contributed by atoms with Crippen LogP contribution in [-0.2, 0) is 5.41 Å². The maximum Gasteiger partial charge on any atom is 0.0544 e. The Labute approximate surface area is 194 Å². The van der Waals surface area contributed by atoms with E-state index in [9.17, 15) is 0 Å². The van der Waals surface area contributed by atoms with Crippen molar-refractivity contribution in [2.45, 2.75) is 25.2 Å². The number of para-hydroxylation sites is 2. The number of rotatable bonds is 2. The first-order chi connectivity index (χ1) is 16.3. The highest BCUT2D eigenvalue weighted by Gasteiger charge is 2.42. The van der Waals surface area contributed by atoms with Crippen LogP contribution in [0.4, 0.5) is 0 Å². The molecule has 1 aromatic heterocycles. The van der Waals surface area contributed by atoms with Crippen molar-refractivity contribution in [2.24, 2.45) is 0 Å². The van der Waals surface area contributed by atoms with Gasteiger partial charge in [0.05, 0.1) is 11.0 Å². The zero-order valence-corrected chi connectivity index (χ0v) is 18.8.